The number of fused-ring (bicyclic) bond motifs is 1. The number of aromatic nitrogens is 3. The van der Waals surface area contributed by atoms with Gasteiger partial charge in [0.1, 0.15) is 29.4 Å². The zero-order valence-corrected chi connectivity index (χ0v) is 26.9. The van der Waals surface area contributed by atoms with Crippen molar-refractivity contribution in [3.8, 4) is 22.9 Å². The van der Waals surface area contributed by atoms with Crippen LogP contribution in [-0.4, -0.2) is 84.3 Å². The maximum Gasteiger partial charge on any atom is 0.513 e. The van der Waals surface area contributed by atoms with Crippen LogP contribution in [-0.2, 0) is 28.2 Å². The Labute approximate surface area is 262 Å². The van der Waals surface area contributed by atoms with Crippen LogP contribution >= 0.6 is 0 Å². The van der Waals surface area contributed by atoms with Crippen molar-refractivity contribution in [2.45, 2.75) is 38.5 Å². The highest BCUT2D eigenvalue weighted by Crippen LogP contribution is 2.32. The van der Waals surface area contributed by atoms with E-state index in [4.69, 9.17) is 19.2 Å². The summed E-state index contributed by atoms with van der Waals surface area (Å²) >= 11 is 0. The highest BCUT2D eigenvalue weighted by atomic mass is 32.2. The Morgan fingerprint density at radius 2 is 1.78 bits per heavy atom. The van der Waals surface area contributed by atoms with Crippen LogP contribution < -0.4 is 15.0 Å². The van der Waals surface area contributed by atoms with E-state index in [1.807, 2.05) is 44.1 Å². The van der Waals surface area contributed by atoms with Crippen molar-refractivity contribution < 1.29 is 27.4 Å². The lowest BCUT2D eigenvalue weighted by Crippen LogP contribution is -2.49. The van der Waals surface area contributed by atoms with Gasteiger partial charge < -0.3 is 23.8 Å². The summed E-state index contributed by atoms with van der Waals surface area (Å²) < 4.78 is 46.9. The number of aryl methyl sites for hydroxylation is 3. The van der Waals surface area contributed by atoms with Gasteiger partial charge in [0.15, 0.2) is 0 Å². The van der Waals surface area contributed by atoms with Crippen LogP contribution in [0.15, 0.2) is 58.4 Å². The van der Waals surface area contributed by atoms with E-state index in [1.165, 1.54) is 16.4 Å². The first kappa shape index (κ1) is 32.2. The fourth-order valence-electron chi connectivity index (χ4n) is 5.43. The van der Waals surface area contributed by atoms with Crippen molar-refractivity contribution in [1.29, 1.82) is 0 Å². The first-order valence-electron chi connectivity index (χ1n) is 15.1. The minimum absolute atomic E-state index is 0.0844. The topological polar surface area (TPSA) is 136 Å². The molecule has 0 spiro atoms. The Hall–Kier alpha value is -4.20. The molecule has 0 saturated carbocycles. The zero-order chi connectivity index (χ0) is 32.1. The molecule has 0 unspecified atom stereocenters. The predicted octanol–water partition coefficient (Wildman–Crippen LogP) is 4.11. The molecule has 1 N–H and O–H groups in total. The number of H-pyrrole nitrogens is 1. The summed E-state index contributed by atoms with van der Waals surface area (Å²) in [6.07, 6.45) is 2.78. The van der Waals surface area contributed by atoms with E-state index in [1.54, 1.807) is 22.8 Å². The van der Waals surface area contributed by atoms with Crippen LogP contribution in [0.2, 0.25) is 0 Å². The van der Waals surface area contributed by atoms with E-state index < -0.39 is 16.2 Å². The third-order valence-corrected chi connectivity index (χ3v) is 9.64. The molecule has 1 saturated heterocycles. The number of aromatic amines is 1. The van der Waals surface area contributed by atoms with Gasteiger partial charge in [0.25, 0.3) is 5.56 Å². The molecule has 2 aromatic heterocycles. The molecule has 0 aliphatic carbocycles. The summed E-state index contributed by atoms with van der Waals surface area (Å²) in [5, 5.41) is 0. The van der Waals surface area contributed by atoms with Gasteiger partial charge in [0.2, 0.25) is 10.0 Å². The molecule has 1 fully saturated rings. The van der Waals surface area contributed by atoms with E-state index >= 15 is 0 Å². The Morgan fingerprint density at radius 3 is 2.47 bits per heavy atom. The van der Waals surface area contributed by atoms with Gasteiger partial charge in [0.05, 0.1) is 22.6 Å². The lowest BCUT2D eigenvalue weighted by atomic mass is 10.1. The van der Waals surface area contributed by atoms with E-state index in [0.717, 1.165) is 24.0 Å². The number of ether oxygens (including phenoxy) is 3. The third-order valence-electron chi connectivity index (χ3n) is 7.75. The first-order valence-corrected chi connectivity index (χ1v) is 16.5. The van der Waals surface area contributed by atoms with Crippen molar-refractivity contribution in [2.75, 3.05) is 45.9 Å². The summed E-state index contributed by atoms with van der Waals surface area (Å²) in [6.45, 7) is 8.24. The molecule has 12 nitrogen and oxygen atoms in total. The van der Waals surface area contributed by atoms with E-state index in [2.05, 4.69) is 11.9 Å². The number of sulfonamides is 1. The largest absolute Gasteiger partial charge is 0.513 e. The number of piperazine rings is 1. The molecule has 45 heavy (non-hydrogen) atoms. The van der Waals surface area contributed by atoms with Crippen LogP contribution in [0.3, 0.4) is 0 Å². The van der Waals surface area contributed by atoms with Crippen LogP contribution in [0.4, 0.5) is 4.79 Å². The summed E-state index contributed by atoms with van der Waals surface area (Å²) in [7, 11) is -2.05. The molecule has 0 radical (unpaired) electrons. The maximum absolute atomic E-state index is 13.8. The number of hydrogen-bond acceptors (Lipinski definition) is 9. The van der Waals surface area contributed by atoms with Gasteiger partial charge >= 0.3 is 6.16 Å². The zero-order valence-electron chi connectivity index (χ0n) is 26.0. The van der Waals surface area contributed by atoms with Gasteiger partial charge in [-0.15, -0.1) is 0 Å². The summed E-state index contributed by atoms with van der Waals surface area (Å²) in [6, 6.07) is 11.7. The fraction of sp³-hybridized carbons (Fsp3) is 0.406. The van der Waals surface area contributed by atoms with Gasteiger partial charge in [-0.3, -0.25) is 9.69 Å². The number of benzene rings is 2. The number of nitrogens with zero attached hydrogens (tertiary/aromatic N) is 4. The Balaban J connectivity index is 1.27. The van der Waals surface area contributed by atoms with Crippen LogP contribution in [0.1, 0.15) is 31.4 Å². The fourth-order valence-corrected chi connectivity index (χ4v) is 6.87. The van der Waals surface area contributed by atoms with Gasteiger partial charge in [-0.1, -0.05) is 31.0 Å². The maximum atomic E-state index is 13.8. The molecule has 13 heteroatoms. The van der Waals surface area contributed by atoms with Gasteiger partial charge in [-0.2, -0.15) is 4.31 Å². The summed E-state index contributed by atoms with van der Waals surface area (Å²) in [4.78, 5) is 34.9. The minimum atomic E-state index is -3.86. The van der Waals surface area contributed by atoms with Crippen LogP contribution in [0.25, 0.3) is 22.4 Å². The van der Waals surface area contributed by atoms with Crippen molar-refractivity contribution >= 4 is 27.2 Å². The number of carbonyl (C=O) groups is 1. The highest BCUT2D eigenvalue weighted by Gasteiger charge is 2.30. The summed E-state index contributed by atoms with van der Waals surface area (Å²) in [5.74, 6) is 1.09. The predicted molar refractivity (Wildman–Crippen MR) is 170 cm³/mol. The Kier molecular flexibility index (Phi) is 9.90. The number of hydrogen-bond donors (Lipinski definition) is 1. The molecule has 4 aromatic rings. The third kappa shape index (κ3) is 7.21. The molecule has 240 valence electrons. The molecule has 5 rings (SSSR count). The quantitative estimate of drug-likeness (QED) is 0.190. The van der Waals surface area contributed by atoms with Crippen molar-refractivity contribution in [1.82, 2.24) is 23.7 Å². The van der Waals surface area contributed by atoms with E-state index in [0.29, 0.717) is 54.3 Å². The van der Waals surface area contributed by atoms with Crippen molar-refractivity contribution in [2.24, 2.45) is 7.05 Å². The smallest absolute Gasteiger partial charge is 0.493 e. The van der Waals surface area contributed by atoms with E-state index in [-0.39, 0.29) is 36.0 Å². The minimum Gasteiger partial charge on any atom is -0.493 e. The monoisotopic (exact) mass is 637 g/mol. The molecule has 1 aliphatic heterocycles. The standard InChI is InChI=1S/C32H39N5O7S/c1-5-7-23-21-35(4)29-28(23)33-30(34-31(29)38)26-20-25(12-13-27(26)42-6-2)45(40,41)37-16-14-36(15-17-37)18-19-43-32(39)44-24-10-8-22(3)9-11-24/h8-13,20-21H,5-7,14-19H2,1-4H3,(H,33,34,38). The molecule has 1 aliphatic rings. The molecule has 0 amide bonds. The first-order chi connectivity index (χ1) is 21.6. The second-order valence-corrected chi connectivity index (χ2v) is 12.9. The molecule has 2 aromatic carbocycles. The molecule has 3 heterocycles. The van der Waals surface area contributed by atoms with Gasteiger partial charge in [0, 0.05) is 46.0 Å². The van der Waals surface area contributed by atoms with Crippen LogP contribution in [0.5, 0.6) is 11.5 Å². The van der Waals surface area contributed by atoms with Crippen molar-refractivity contribution in [3.05, 3.63) is 70.1 Å². The lowest BCUT2D eigenvalue weighted by molar-refractivity contribution is 0.0809. The average molecular weight is 638 g/mol. The molecular formula is C32H39N5O7S. The SMILES string of the molecule is CCCc1cn(C)c2c(=O)[nH]c(-c3cc(S(=O)(=O)N4CCN(CCOC(=O)Oc5ccc(C)cc5)CC4)ccc3OCC)nc12. The Bertz CT molecular complexity index is 1830. The number of rotatable bonds is 11. The molecular weight excluding hydrogens is 598 g/mol. The van der Waals surface area contributed by atoms with E-state index in [9.17, 15) is 18.0 Å². The number of carbonyl (C=O) groups excluding carboxylic acids is 1. The van der Waals surface area contributed by atoms with Crippen molar-refractivity contribution in [3.63, 3.8) is 0 Å². The lowest BCUT2D eigenvalue weighted by Gasteiger charge is -2.33. The second-order valence-electron chi connectivity index (χ2n) is 11.0. The molecule has 0 bridgehead atoms. The highest BCUT2D eigenvalue weighted by molar-refractivity contribution is 7.89. The molecule has 0 atom stereocenters. The second kappa shape index (κ2) is 13.8. The Morgan fingerprint density at radius 1 is 1.04 bits per heavy atom. The van der Waals surface area contributed by atoms with Gasteiger partial charge in [-0.25, -0.2) is 18.2 Å². The normalized spacial score (nSPS) is 14.5. The number of nitrogens with one attached hydrogen (secondary N) is 1. The average Bonchev–Trinajstić information content (AvgIpc) is 3.34. The summed E-state index contributed by atoms with van der Waals surface area (Å²) in [5.41, 5.74) is 3.16. The van der Waals surface area contributed by atoms with Gasteiger partial charge in [-0.05, 0) is 56.2 Å². The van der Waals surface area contributed by atoms with Crippen LogP contribution in [0, 0.1) is 6.92 Å².